The summed E-state index contributed by atoms with van der Waals surface area (Å²) in [6, 6.07) is 16.9. The molecule has 1 atom stereocenters. The van der Waals surface area contributed by atoms with E-state index in [1.54, 1.807) is 18.2 Å². The molecule has 0 heterocycles. The van der Waals surface area contributed by atoms with E-state index in [1.165, 1.54) is 0 Å². The standard InChI is InChI=1S/C20H22N2O2/c1-14(15-8-3-2-4-9-15)21-20(24)17-12-5-6-13-18(17)22-19(23)16-10-7-11-16/h2-6,8-9,12-14,16H,7,10-11H2,1H3,(H,21,24)(H,22,23)/t14-/m0/s1. The van der Waals surface area contributed by atoms with Crippen LogP contribution >= 0.6 is 0 Å². The third-order valence-corrected chi connectivity index (χ3v) is 4.55. The van der Waals surface area contributed by atoms with E-state index in [2.05, 4.69) is 10.6 Å². The van der Waals surface area contributed by atoms with Crippen molar-refractivity contribution in [2.45, 2.75) is 32.2 Å². The Morgan fingerprint density at radius 3 is 2.33 bits per heavy atom. The minimum Gasteiger partial charge on any atom is -0.345 e. The highest BCUT2D eigenvalue weighted by atomic mass is 16.2. The minimum absolute atomic E-state index is 0.0117. The first-order chi connectivity index (χ1) is 11.6. The summed E-state index contributed by atoms with van der Waals surface area (Å²) in [5.41, 5.74) is 2.11. The van der Waals surface area contributed by atoms with E-state index in [9.17, 15) is 9.59 Å². The van der Waals surface area contributed by atoms with Crippen LogP contribution in [0.1, 0.15) is 48.1 Å². The average Bonchev–Trinajstić information content (AvgIpc) is 2.54. The van der Waals surface area contributed by atoms with Gasteiger partial charge in [-0.1, -0.05) is 48.9 Å². The van der Waals surface area contributed by atoms with E-state index in [1.807, 2.05) is 43.3 Å². The number of benzene rings is 2. The molecule has 0 saturated heterocycles. The molecule has 2 N–H and O–H groups in total. The van der Waals surface area contributed by atoms with Crippen LogP contribution in [-0.2, 0) is 4.79 Å². The van der Waals surface area contributed by atoms with Crippen LogP contribution in [0.5, 0.6) is 0 Å². The summed E-state index contributed by atoms with van der Waals surface area (Å²) in [5.74, 6) is -0.0853. The molecule has 0 bridgehead atoms. The summed E-state index contributed by atoms with van der Waals surface area (Å²) >= 11 is 0. The van der Waals surface area contributed by atoms with Crippen LogP contribution in [0.2, 0.25) is 0 Å². The molecule has 4 heteroatoms. The van der Waals surface area contributed by atoms with Crippen LogP contribution in [0, 0.1) is 5.92 Å². The monoisotopic (exact) mass is 322 g/mol. The lowest BCUT2D eigenvalue weighted by Crippen LogP contribution is -2.31. The second-order valence-electron chi connectivity index (χ2n) is 6.27. The minimum atomic E-state index is -0.184. The van der Waals surface area contributed by atoms with Gasteiger partial charge < -0.3 is 10.6 Å². The highest BCUT2D eigenvalue weighted by Gasteiger charge is 2.26. The van der Waals surface area contributed by atoms with Gasteiger partial charge in [-0.2, -0.15) is 0 Å². The predicted molar refractivity (Wildman–Crippen MR) is 94.7 cm³/mol. The van der Waals surface area contributed by atoms with Gasteiger partial charge in [0.05, 0.1) is 17.3 Å². The van der Waals surface area contributed by atoms with Crippen molar-refractivity contribution in [3.63, 3.8) is 0 Å². The largest absolute Gasteiger partial charge is 0.345 e. The Kier molecular flexibility index (Phi) is 4.94. The molecular weight excluding hydrogens is 300 g/mol. The molecule has 1 aliphatic carbocycles. The van der Waals surface area contributed by atoms with E-state index >= 15 is 0 Å². The van der Waals surface area contributed by atoms with Gasteiger partial charge in [-0.25, -0.2) is 0 Å². The van der Waals surface area contributed by atoms with Crippen molar-refractivity contribution in [3.05, 3.63) is 65.7 Å². The van der Waals surface area contributed by atoms with Crippen LogP contribution in [0.3, 0.4) is 0 Å². The Bertz CT molecular complexity index is 723. The maximum absolute atomic E-state index is 12.6. The van der Waals surface area contributed by atoms with Gasteiger partial charge in [-0.15, -0.1) is 0 Å². The number of amides is 2. The van der Waals surface area contributed by atoms with Crippen molar-refractivity contribution in [2.75, 3.05) is 5.32 Å². The number of carbonyl (C=O) groups excluding carboxylic acids is 2. The molecule has 0 spiro atoms. The fourth-order valence-electron chi connectivity index (χ4n) is 2.79. The molecule has 1 saturated carbocycles. The number of para-hydroxylation sites is 1. The molecule has 4 nitrogen and oxygen atoms in total. The fourth-order valence-corrected chi connectivity index (χ4v) is 2.79. The lowest BCUT2D eigenvalue weighted by molar-refractivity contribution is -0.122. The molecule has 0 aromatic heterocycles. The zero-order valence-corrected chi connectivity index (χ0v) is 13.8. The van der Waals surface area contributed by atoms with Crippen LogP contribution < -0.4 is 10.6 Å². The average molecular weight is 322 g/mol. The van der Waals surface area contributed by atoms with Gasteiger partial charge in [0.2, 0.25) is 5.91 Å². The number of nitrogens with one attached hydrogen (secondary N) is 2. The molecule has 2 aromatic carbocycles. The Balaban J connectivity index is 1.71. The van der Waals surface area contributed by atoms with Gasteiger partial charge in [0.15, 0.2) is 0 Å². The zero-order valence-electron chi connectivity index (χ0n) is 13.8. The molecule has 0 aliphatic heterocycles. The summed E-state index contributed by atoms with van der Waals surface area (Å²) < 4.78 is 0. The molecule has 2 aromatic rings. The topological polar surface area (TPSA) is 58.2 Å². The third kappa shape index (κ3) is 3.65. The lowest BCUT2D eigenvalue weighted by atomic mass is 9.85. The smallest absolute Gasteiger partial charge is 0.253 e. The van der Waals surface area contributed by atoms with Crippen molar-refractivity contribution in [3.8, 4) is 0 Å². The normalized spacial score (nSPS) is 15.2. The van der Waals surface area contributed by atoms with Gasteiger partial charge in [-0.05, 0) is 37.5 Å². The van der Waals surface area contributed by atoms with Crippen LogP contribution in [0.15, 0.2) is 54.6 Å². The third-order valence-electron chi connectivity index (χ3n) is 4.55. The SMILES string of the molecule is C[C@H](NC(=O)c1ccccc1NC(=O)C1CCC1)c1ccccc1. The van der Waals surface area contributed by atoms with Gasteiger partial charge in [-0.3, -0.25) is 9.59 Å². The molecule has 1 aliphatic rings. The highest BCUT2D eigenvalue weighted by molar-refractivity contribution is 6.04. The highest BCUT2D eigenvalue weighted by Crippen LogP contribution is 2.28. The summed E-state index contributed by atoms with van der Waals surface area (Å²) in [6.07, 6.45) is 2.98. The summed E-state index contributed by atoms with van der Waals surface area (Å²) in [6.45, 7) is 1.95. The number of rotatable bonds is 5. The summed E-state index contributed by atoms with van der Waals surface area (Å²) in [4.78, 5) is 24.8. The molecule has 0 unspecified atom stereocenters. The number of hydrogen-bond donors (Lipinski definition) is 2. The predicted octanol–water partition coefficient (Wildman–Crippen LogP) is 3.92. The summed E-state index contributed by atoms with van der Waals surface area (Å²) in [5, 5.41) is 5.90. The van der Waals surface area contributed by atoms with Crippen LogP contribution in [0.25, 0.3) is 0 Å². The number of anilines is 1. The van der Waals surface area contributed by atoms with Crippen molar-refractivity contribution in [2.24, 2.45) is 5.92 Å². The molecule has 2 amide bonds. The van der Waals surface area contributed by atoms with Gasteiger partial charge >= 0.3 is 0 Å². The maximum atomic E-state index is 12.6. The Labute approximate surface area is 142 Å². The second kappa shape index (κ2) is 7.30. The van der Waals surface area contributed by atoms with E-state index in [0.717, 1.165) is 24.8 Å². The first-order valence-corrected chi connectivity index (χ1v) is 8.41. The Hall–Kier alpha value is -2.62. The Morgan fingerprint density at radius 1 is 1.00 bits per heavy atom. The maximum Gasteiger partial charge on any atom is 0.253 e. The van der Waals surface area contributed by atoms with Crippen molar-refractivity contribution >= 4 is 17.5 Å². The second-order valence-corrected chi connectivity index (χ2v) is 6.27. The van der Waals surface area contributed by atoms with Crippen molar-refractivity contribution in [1.82, 2.24) is 5.32 Å². The molecule has 24 heavy (non-hydrogen) atoms. The molecule has 1 fully saturated rings. The van der Waals surface area contributed by atoms with E-state index in [0.29, 0.717) is 11.3 Å². The number of hydrogen-bond acceptors (Lipinski definition) is 2. The fraction of sp³-hybridized carbons (Fsp3) is 0.300. The van der Waals surface area contributed by atoms with E-state index < -0.39 is 0 Å². The van der Waals surface area contributed by atoms with Gasteiger partial charge in [0.25, 0.3) is 5.91 Å². The van der Waals surface area contributed by atoms with Crippen LogP contribution in [-0.4, -0.2) is 11.8 Å². The molecule has 3 rings (SSSR count). The number of carbonyl (C=O) groups is 2. The first kappa shape index (κ1) is 16.2. The van der Waals surface area contributed by atoms with Crippen molar-refractivity contribution in [1.29, 1.82) is 0 Å². The lowest BCUT2D eigenvalue weighted by Gasteiger charge is -2.24. The van der Waals surface area contributed by atoms with Gasteiger partial charge in [0, 0.05) is 5.92 Å². The van der Waals surface area contributed by atoms with Crippen molar-refractivity contribution < 1.29 is 9.59 Å². The van der Waals surface area contributed by atoms with Gasteiger partial charge in [0.1, 0.15) is 0 Å². The molecule has 124 valence electrons. The van der Waals surface area contributed by atoms with E-state index in [-0.39, 0.29) is 23.8 Å². The molecule has 0 radical (unpaired) electrons. The van der Waals surface area contributed by atoms with Crippen LogP contribution in [0.4, 0.5) is 5.69 Å². The zero-order chi connectivity index (χ0) is 16.9. The Morgan fingerprint density at radius 2 is 1.67 bits per heavy atom. The first-order valence-electron chi connectivity index (χ1n) is 8.41. The molecular formula is C20H22N2O2. The van der Waals surface area contributed by atoms with E-state index in [4.69, 9.17) is 0 Å². The summed E-state index contributed by atoms with van der Waals surface area (Å²) in [7, 11) is 0. The quantitative estimate of drug-likeness (QED) is 0.876.